The molecule has 3 saturated heterocycles. The summed E-state index contributed by atoms with van der Waals surface area (Å²) in [6.45, 7) is 12.2. The molecule has 7 aliphatic rings. The van der Waals surface area contributed by atoms with Gasteiger partial charge in [-0.3, -0.25) is 14.5 Å². The van der Waals surface area contributed by atoms with E-state index in [0.29, 0.717) is 43.4 Å². The van der Waals surface area contributed by atoms with Gasteiger partial charge < -0.3 is 30.0 Å². The lowest BCUT2D eigenvalue weighted by Crippen LogP contribution is -2.58. The maximum atomic E-state index is 14.1. The minimum absolute atomic E-state index is 0.00310. The summed E-state index contributed by atoms with van der Waals surface area (Å²) < 4.78 is 0. The fraction of sp³-hybridized carbons (Fsp3) is 0.659. The molecular formula is C41H56N6O7. The topological polar surface area (TPSA) is 168 Å². The monoisotopic (exact) mass is 744 g/mol. The first-order valence-corrected chi connectivity index (χ1v) is 20.0. The molecule has 8 rings (SSSR count). The SMILES string of the molecule is C[C@]12CCC(=O)C=C1CCC1C2=CC[C@@]2(C)C1CC[C@]2(O)C(=O)CN1CCN(c2cc(N3CCCC3)nc(N3CCCC3)n2)CC1.O=C(O)/C=C/C(=O)O. The molecule has 3 aliphatic heterocycles. The van der Waals surface area contributed by atoms with E-state index in [0.717, 1.165) is 102 Å². The molecule has 4 heterocycles. The van der Waals surface area contributed by atoms with Gasteiger partial charge in [-0.1, -0.05) is 31.1 Å². The number of piperazine rings is 1. The number of fused-ring (bicyclic) bond motifs is 5. The van der Waals surface area contributed by atoms with Gasteiger partial charge in [0, 0.05) is 87.8 Å². The Hall–Kier alpha value is -4.10. The molecule has 4 aliphatic carbocycles. The van der Waals surface area contributed by atoms with Crippen molar-refractivity contribution in [3.05, 3.63) is 41.5 Å². The largest absolute Gasteiger partial charge is 0.478 e. The quantitative estimate of drug-likeness (QED) is 0.255. The average molecular weight is 745 g/mol. The van der Waals surface area contributed by atoms with Gasteiger partial charge in [-0.25, -0.2) is 9.59 Å². The first kappa shape index (κ1) is 38.2. The van der Waals surface area contributed by atoms with Crippen LogP contribution in [0.2, 0.25) is 0 Å². The minimum atomic E-state index is -1.29. The van der Waals surface area contributed by atoms with Crippen LogP contribution in [0.15, 0.2) is 41.5 Å². The van der Waals surface area contributed by atoms with Gasteiger partial charge in [0.25, 0.3) is 0 Å². The zero-order chi connectivity index (χ0) is 38.3. The van der Waals surface area contributed by atoms with Gasteiger partial charge >= 0.3 is 11.9 Å². The number of anilines is 3. The van der Waals surface area contributed by atoms with E-state index in [2.05, 4.69) is 45.6 Å². The lowest BCUT2D eigenvalue weighted by Gasteiger charge is -2.54. The van der Waals surface area contributed by atoms with E-state index in [1.54, 1.807) is 0 Å². The highest BCUT2D eigenvalue weighted by molar-refractivity contribution is 5.92. The van der Waals surface area contributed by atoms with Crippen LogP contribution in [0.1, 0.15) is 84.5 Å². The molecule has 1 aromatic heterocycles. The zero-order valence-electron chi connectivity index (χ0n) is 31.8. The van der Waals surface area contributed by atoms with E-state index in [-0.39, 0.29) is 17.0 Å². The number of hydrogen-bond acceptors (Lipinski definition) is 11. The van der Waals surface area contributed by atoms with Crippen LogP contribution >= 0.6 is 0 Å². The second-order valence-electron chi connectivity index (χ2n) is 16.9. The number of rotatable bonds is 8. The predicted molar refractivity (Wildman–Crippen MR) is 205 cm³/mol. The summed E-state index contributed by atoms with van der Waals surface area (Å²) in [5, 5.41) is 27.9. The lowest BCUT2D eigenvalue weighted by molar-refractivity contribution is -0.154. The number of carbonyl (C=O) groups is 4. The molecule has 2 unspecified atom stereocenters. The van der Waals surface area contributed by atoms with Crippen LogP contribution in [0.3, 0.4) is 0 Å². The molecule has 0 aromatic carbocycles. The fourth-order valence-electron chi connectivity index (χ4n) is 10.7. The standard InChI is InChI=1S/C37H52N6O3.C4H4O4/c1-35-12-9-27(44)23-26(35)7-8-28-29(35)10-13-36(2)30(28)11-14-37(36,46)31(45)25-40-19-21-42(22-20-40)33-24-32(41-15-3-4-16-41)38-34(39-33)43-17-5-6-18-43;5-3(6)1-2-4(7)8/h10,23-24,28,30,46H,3-9,11-22,25H2,1-2H3;1-2H,(H,5,6)(H,7,8)/b;2-1+/t28?,30?,35-,36-,37-;/m0./s1. The van der Waals surface area contributed by atoms with Crippen molar-refractivity contribution in [2.75, 3.05) is 73.6 Å². The molecule has 13 nitrogen and oxygen atoms in total. The second kappa shape index (κ2) is 15.2. The maximum Gasteiger partial charge on any atom is 0.328 e. The van der Waals surface area contributed by atoms with Crippen molar-refractivity contribution in [2.45, 2.75) is 90.1 Å². The Morgan fingerprint density at radius 3 is 2.02 bits per heavy atom. The van der Waals surface area contributed by atoms with E-state index >= 15 is 0 Å². The van der Waals surface area contributed by atoms with Crippen LogP contribution in [-0.2, 0) is 19.2 Å². The molecule has 0 amide bonds. The zero-order valence-corrected chi connectivity index (χ0v) is 31.8. The van der Waals surface area contributed by atoms with Gasteiger partial charge in [0.1, 0.15) is 17.2 Å². The number of carbonyl (C=O) groups excluding carboxylic acids is 2. The van der Waals surface area contributed by atoms with Crippen molar-refractivity contribution in [1.29, 1.82) is 0 Å². The molecule has 5 atom stereocenters. The van der Waals surface area contributed by atoms with Crippen molar-refractivity contribution < 1.29 is 34.5 Å². The third kappa shape index (κ3) is 7.21. The predicted octanol–water partition coefficient (Wildman–Crippen LogP) is 4.26. The highest BCUT2D eigenvalue weighted by atomic mass is 16.4. The van der Waals surface area contributed by atoms with Gasteiger partial charge in [-0.05, 0) is 82.1 Å². The number of aliphatic hydroxyl groups is 1. The number of nitrogens with zero attached hydrogens (tertiary/aromatic N) is 6. The first-order chi connectivity index (χ1) is 25.8. The number of carboxylic acids is 2. The van der Waals surface area contributed by atoms with Crippen LogP contribution in [0.5, 0.6) is 0 Å². The summed E-state index contributed by atoms with van der Waals surface area (Å²) in [5.74, 6) is 1.37. The average Bonchev–Trinajstić information content (AvgIpc) is 3.94. The van der Waals surface area contributed by atoms with Gasteiger partial charge in [-0.2, -0.15) is 9.97 Å². The molecule has 292 valence electrons. The summed E-state index contributed by atoms with van der Waals surface area (Å²) in [6, 6.07) is 2.17. The van der Waals surface area contributed by atoms with Gasteiger partial charge in [0.05, 0.1) is 6.54 Å². The fourth-order valence-corrected chi connectivity index (χ4v) is 10.7. The van der Waals surface area contributed by atoms with E-state index < -0.39 is 23.0 Å². The molecule has 0 bridgehead atoms. The summed E-state index contributed by atoms with van der Waals surface area (Å²) in [4.78, 5) is 64.8. The second-order valence-corrected chi connectivity index (χ2v) is 16.9. The number of allylic oxidation sites excluding steroid dienone is 4. The summed E-state index contributed by atoms with van der Waals surface area (Å²) in [6.07, 6.45) is 15.9. The summed E-state index contributed by atoms with van der Waals surface area (Å²) in [7, 11) is 0. The molecule has 3 N–H and O–H groups in total. The van der Waals surface area contributed by atoms with Gasteiger partial charge in [0.15, 0.2) is 11.6 Å². The normalized spacial score (nSPS) is 32.4. The smallest absolute Gasteiger partial charge is 0.328 e. The van der Waals surface area contributed by atoms with Crippen molar-refractivity contribution in [3.8, 4) is 0 Å². The Balaban J connectivity index is 0.000000508. The van der Waals surface area contributed by atoms with Crippen molar-refractivity contribution in [2.24, 2.45) is 22.7 Å². The lowest BCUT2D eigenvalue weighted by atomic mass is 9.50. The Bertz CT molecular complexity index is 1690. The number of ketones is 2. The highest BCUT2D eigenvalue weighted by Gasteiger charge is 2.64. The van der Waals surface area contributed by atoms with Crippen LogP contribution in [0, 0.1) is 22.7 Å². The third-order valence-electron chi connectivity index (χ3n) is 13.9. The third-order valence-corrected chi connectivity index (χ3v) is 13.9. The van der Waals surface area contributed by atoms with Gasteiger partial charge in [0.2, 0.25) is 5.95 Å². The first-order valence-electron chi connectivity index (χ1n) is 20.0. The van der Waals surface area contributed by atoms with E-state index in [9.17, 15) is 24.3 Å². The Morgan fingerprint density at radius 1 is 0.815 bits per heavy atom. The molecule has 2 saturated carbocycles. The highest BCUT2D eigenvalue weighted by Crippen LogP contribution is 2.65. The molecular weight excluding hydrogens is 688 g/mol. The molecule has 0 radical (unpaired) electrons. The number of Topliss-reactive ketones (excluding diaryl/α,β-unsaturated/α-hetero) is 1. The minimum Gasteiger partial charge on any atom is -0.478 e. The van der Waals surface area contributed by atoms with Crippen molar-refractivity contribution in [1.82, 2.24) is 14.9 Å². The Labute approximate surface area is 317 Å². The van der Waals surface area contributed by atoms with Crippen LogP contribution in [0.25, 0.3) is 0 Å². The maximum absolute atomic E-state index is 14.1. The number of aromatic nitrogens is 2. The van der Waals surface area contributed by atoms with E-state index in [1.807, 2.05) is 6.08 Å². The van der Waals surface area contributed by atoms with E-state index in [1.165, 1.54) is 36.8 Å². The van der Waals surface area contributed by atoms with Crippen LogP contribution in [-0.4, -0.2) is 118 Å². The summed E-state index contributed by atoms with van der Waals surface area (Å²) in [5.41, 5.74) is 1.02. The molecule has 5 fully saturated rings. The van der Waals surface area contributed by atoms with Crippen molar-refractivity contribution in [3.63, 3.8) is 0 Å². The number of aliphatic carboxylic acids is 2. The Morgan fingerprint density at radius 2 is 1.41 bits per heavy atom. The Kier molecular flexibility index (Phi) is 10.8. The molecule has 0 spiro atoms. The van der Waals surface area contributed by atoms with Crippen molar-refractivity contribution >= 4 is 41.1 Å². The summed E-state index contributed by atoms with van der Waals surface area (Å²) >= 11 is 0. The number of carboxylic acid groups (broad SMARTS) is 2. The molecule has 1 aromatic rings. The van der Waals surface area contributed by atoms with Crippen LogP contribution in [0.4, 0.5) is 17.6 Å². The van der Waals surface area contributed by atoms with E-state index in [4.69, 9.17) is 20.2 Å². The van der Waals surface area contributed by atoms with Gasteiger partial charge in [-0.15, -0.1) is 0 Å². The molecule has 54 heavy (non-hydrogen) atoms. The molecule has 13 heteroatoms. The number of hydrogen-bond donors (Lipinski definition) is 3. The van der Waals surface area contributed by atoms with Crippen LogP contribution < -0.4 is 14.7 Å².